The van der Waals surface area contributed by atoms with E-state index in [9.17, 15) is 15.2 Å². The van der Waals surface area contributed by atoms with E-state index in [-0.39, 0.29) is 17.1 Å². The maximum absolute atomic E-state index is 12.2. The highest BCUT2D eigenvalue weighted by Gasteiger charge is 2.11. The van der Waals surface area contributed by atoms with Crippen LogP contribution in [0.15, 0.2) is 52.5 Å². The molecule has 6 heteroatoms. The predicted octanol–water partition coefficient (Wildman–Crippen LogP) is 3.71. The van der Waals surface area contributed by atoms with Gasteiger partial charge in [0, 0.05) is 4.47 Å². The van der Waals surface area contributed by atoms with Gasteiger partial charge in [-0.05, 0) is 51.8 Å². The maximum Gasteiger partial charge on any atom is 0.266 e. The zero-order valence-corrected chi connectivity index (χ0v) is 13.8. The van der Waals surface area contributed by atoms with Crippen LogP contribution in [0.25, 0.3) is 6.08 Å². The van der Waals surface area contributed by atoms with Crippen molar-refractivity contribution in [2.75, 3.05) is 12.4 Å². The van der Waals surface area contributed by atoms with Crippen molar-refractivity contribution in [1.82, 2.24) is 0 Å². The average molecular weight is 373 g/mol. The standard InChI is InChI=1S/C17H13BrN2O3/c1-23-16-9-11(6-7-15(16)21)8-12(10-19)17(22)20-14-5-3-2-4-13(14)18/h2-9,21H,1H3,(H,20,22). The summed E-state index contributed by atoms with van der Waals surface area (Å²) in [6.07, 6.45) is 1.42. The Bertz CT molecular complexity index is 810. The Kier molecular flexibility index (Phi) is 5.39. The zero-order chi connectivity index (χ0) is 16.8. The van der Waals surface area contributed by atoms with E-state index >= 15 is 0 Å². The van der Waals surface area contributed by atoms with Gasteiger partial charge in [-0.1, -0.05) is 18.2 Å². The number of hydrogen-bond acceptors (Lipinski definition) is 4. The number of ether oxygens (including phenoxy) is 1. The number of hydrogen-bond donors (Lipinski definition) is 2. The first-order valence-corrected chi connectivity index (χ1v) is 7.39. The Balaban J connectivity index is 2.27. The summed E-state index contributed by atoms with van der Waals surface area (Å²) in [6, 6.07) is 13.5. The van der Waals surface area contributed by atoms with E-state index < -0.39 is 5.91 Å². The number of nitrogens with one attached hydrogen (secondary N) is 1. The van der Waals surface area contributed by atoms with Crippen LogP contribution in [0.5, 0.6) is 11.5 Å². The molecule has 23 heavy (non-hydrogen) atoms. The van der Waals surface area contributed by atoms with Crippen LogP contribution >= 0.6 is 15.9 Å². The van der Waals surface area contributed by atoms with E-state index in [0.717, 1.165) is 4.47 Å². The van der Waals surface area contributed by atoms with Crippen molar-refractivity contribution in [2.45, 2.75) is 0 Å². The number of benzene rings is 2. The topological polar surface area (TPSA) is 82.3 Å². The van der Waals surface area contributed by atoms with Gasteiger partial charge < -0.3 is 15.2 Å². The molecule has 1 amide bonds. The lowest BCUT2D eigenvalue weighted by Gasteiger charge is -2.07. The average Bonchev–Trinajstić information content (AvgIpc) is 2.56. The Morgan fingerprint density at radius 3 is 2.74 bits per heavy atom. The lowest BCUT2D eigenvalue weighted by molar-refractivity contribution is -0.112. The number of para-hydroxylation sites is 1. The van der Waals surface area contributed by atoms with Gasteiger partial charge in [0.2, 0.25) is 0 Å². The second kappa shape index (κ2) is 7.47. The molecule has 0 saturated carbocycles. The number of aromatic hydroxyl groups is 1. The number of rotatable bonds is 4. The van der Waals surface area contributed by atoms with Crippen molar-refractivity contribution in [1.29, 1.82) is 5.26 Å². The summed E-state index contributed by atoms with van der Waals surface area (Å²) in [5.41, 5.74) is 1.08. The molecule has 116 valence electrons. The molecule has 0 radical (unpaired) electrons. The van der Waals surface area contributed by atoms with Crippen molar-refractivity contribution < 1.29 is 14.6 Å². The minimum atomic E-state index is -0.522. The summed E-state index contributed by atoms with van der Waals surface area (Å²) in [5, 5.41) is 21.4. The molecule has 0 spiro atoms. The number of nitrogens with zero attached hydrogens (tertiary/aromatic N) is 1. The number of amides is 1. The van der Waals surface area contributed by atoms with Crippen LogP contribution in [0.3, 0.4) is 0 Å². The molecule has 0 fully saturated rings. The molecule has 0 aliphatic rings. The maximum atomic E-state index is 12.2. The first-order chi connectivity index (χ1) is 11.0. The van der Waals surface area contributed by atoms with Crippen molar-refractivity contribution >= 4 is 33.6 Å². The number of halogens is 1. The number of phenols is 1. The minimum absolute atomic E-state index is 0.0131. The molecular weight excluding hydrogens is 360 g/mol. The van der Waals surface area contributed by atoms with E-state index in [1.54, 1.807) is 30.3 Å². The Labute approximate surface area is 142 Å². The highest BCUT2D eigenvalue weighted by Crippen LogP contribution is 2.27. The van der Waals surface area contributed by atoms with Gasteiger partial charge in [0.15, 0.2) is 11.5 Å². The van der Waals surface area contributed by atoms with Crippen LogP contribution in [0, 0.1) is 11.3 Å². The first kappa shape index (κ1) is 16.6. The van der Waals surface area contributed by atoms with Crippen molar-refractivity contribution in [3.8, 4) is 17.6 Å². The quantitative estimate of drug-likeness (QED) is 0.632. The number of carbonyl (C=O) groups is 1. The van der Waals surface area contributed by atoms with E-state index in [1.807, 2.05) is 12.1 Å². The predicted molar refractivity (Wildman–Crippen MR) is 91.0 cm³/mol. The fourth-order valence-electron chi connectivity index (χ4n) is 1.85. The van der Waals surface area contributed by atoms with Gasteiger partial charge in [0.05, 0.1) is 12.8 Å². The molecule has 2 aromatic rings. The second-order valence-corrected chi connectivity index (χ2v) is 5.39. The molecule has 2 rings (SSSR count). The summed E-state index contributed by atoms with van der Waals surface area (Å²) in [5.74, 6) is -0.269. The van der Waals surface area contributed by atoms with E-state index in [0.29, 0.717) is 11.3 Å². The lowest BCUT2D eigenvalue weighted by atomic mass is 10.1. The Hall–Kier alpha value is -2.78. The van der Waals surface area contributed by atoms with Crippen molar-refractivity contribution in [3.63, 3.8) is 0 Å². The summed E-state index contributed by atoms with van der Waals surface area (Å²) < 4.78 is 5.72. The van der Waals surface area contributed by atoms with Crippen LogP contribution in [-0.4, -0.2) is 18.1 Å². The molecule has 0 bridgehead atoms. The lowest BCUT2D eigenvalue weighted by Crippen LogP contribution is -2.13. The molecule has 0 unspecified atom stereocenters. The fraction of sp³-hybridized carbons (Fsp3) is 0.0588. The van der Waals surface area contributed by atoms with Gasteiger partial charge in [-0.3, -0.25) is 4.79 Å². The zero-order valence-electron chi connectivity index (χ0n) is 12.2. The van der Waals surface area contributed by atoms with E-state index in [2.05, 4.69) is 21.2 Å². The van der Waals surface area contributed by atoms with Gasteiger partial charge >= 0.3 is 0 Å². The third kappa shape index (κ3) is 4.11. The normalized spacial score (nSPS) is 10.7. The Morgan fingerprint density at radius 1 is 1.35 bits per heavy atom. The third-order valence-electron chi connectivity index (χ3n) is 3.00. The van der Waals surface area contributed by atoms with Crippen LogP contribution in [0.1, 0.15) is 5.56 Å². The van der Waals surface area contributed by atoms with Gasteiger partial charge in [0.25, 0.3) is 5.91 Å². The summed E-state index contributed by atoms with van der Waals surface area (Å²) in [6.45, 7) is 0. The summed E-state index contributed by atoms with van der Waals surface area (Å²) >= 11 is 3.33. The Morgan fingerprint density at radius 2 is 2.09 bits per heavy atom. The van der Waals surface area contributed by atoms with E-state index in [4.69, 9.17) is 4.74 Å². The largest absolute Gasteiger partial charge is 0.504 e. The monoisotopic (exact) mass is 372 g/mol. The molecule has 2 aromatic carbocycles. The molecule has 0 aliphatic carbocycles. The minimum Gasteiger partial charge on any atom is -0.504 e. The molecule has 0 saturated heterocycles. The molecular formula is C17H13BrN2O3. The molecule has 0 aliphatic heterocycles. The molecule has 0 atom stereocenters. The van der Waals surface area contributed by atoms with E-state index in [1.165, 1.54) is 19.3 Å². The van der Waals surface area contributed by atoms with Gasteiger partial charge in [-0.25, -0.2) is 0 Å². The van der Waals surface area contributed by atoms with Gasteiger partial charge in [-0.2, -0.15) is 5.26 Å². The van der Waals surface area contributed by atoms with Crippen LogP contribution in [-0.2, 0) is 4.79 Å². The highest BCUT2D eigenvalue weighted by molar-refractivity contribution is 9.10. The van der Waals surface area contributed by atoms with Crippen LogP contribution in [0.2, 0.25) is 0 Å². The van der Waals surface area contributed by atoms with Crippen molar-refractivity contribution in [2.24, 2.45) is 0 Å². The van der Waals surface area contributed by atoms with Crippen molar-refractivity contribution in [3.05, 3.63) is 58.1 Å². The SMILES string of the molecule is COc1cc(C=C(C#N)C(=O)Nc2ccccc2Br)ccc1O. The number of methoxy groups -OCH3 is 1. The number of nitriles is 1. The second-order valence-electron chi connectivity index (χ2n) is 4.54. The summed E-state index contributed by atoms with van der Waals surface area (Å²) in [4.78, 5) is 12.2. The smallest absolute Gasteiger partial charge is 0.266 e. The van der Waals surface area contributed by atoms with Gasteiger partial charge in [-0.15, -0.1) is 0 Å². The third-order valence-corrected chi connectivity index (χ3v) is 3.69. The summed E-state index contributed by atoms with van der Waals surface area (Å²) in [7, 11) is 1.42. The van der Waals surface area contributed by atoms with Crippen LogP contribution < -0.4 is 10.1 Å². The number of phenolic OH excluding ortho intramolecular Hbond substituents is 1. The van der Waals surface area contributed by atoms with Crippen LogP contribution in [0.4, 0.5) is 5.69 Å². The number of anilines is 1. The first-order valence-electron chi connectivity index (χ1n) is 6.60. The molecule has 0 aromatic heterocycles. The molecule has 5 nitrogen and oxygen atoms in total. The van der Waals surface area contributed by atoms with Gasteiger partial charge in [0.1, 0.15) is 11.6 Å². The molecule has 2 N–H and O–H groups in total. The highest BCUT2D eigenvalue weighted by atomic mass is 79.9. The fourth-order valence-corrected chi connectivity index (χ4v) is 2.24. The molecule has 0 heterocycles. The number of carbonyl (C=O) groups excluding carboxylic acids is 1.